The molecule has 19 heavy (non-hydrogen) atoms. The van der Waals surface area contributed by atoms with Crippen molar-refractivity contribution < 1.29 is 0 Å². The number of benzene rings is 2. The molecule has 0 spiro atoms. The molecule has 0 amide bonds. The molecule has 1 nitrogen and oxygen atoms in total. The van der Waals surface area contributed by atoms with E-state index < -0.39 is 17.2 Å². The summed E-state index contributed by atoms with van der Waals surface area (Å²) in [7, 11) is -0.285. The first-order valence-electron chi connectivity index (χ1n) is 6.91. The van der Waals surface area contributed by atoms with E-state index in [1.165, 1.54) is 10.4 Å². The Hall–Kier alpha value is -1.17. The molecule has 0 aliphatic rings. The fourth-order valence-corrected chi connectivity index (χ4v) is 10.5. The van der Waals surface area contributed by atoms with Crippen LogP contribution in [0.25, 0.3) is 0 Å². The fraction of sp³-hybridized carbons (Fsp3) is 0.250. The van der Waals surface area contributed by atoms with Crippen molar-refractivity contribution in [3.8, 4) is 0 Å². The van der Waals surface area contributed by atoms with E-state index in [1.54, 1.807) is 0 Å². The van der Waals surface area contributed by atoms with Crippen LogP contribution >= 0.6 is 0 Å². The quantitative estimate of drug-likeness (QED) is 0.779. The standard InChI is InChI=1S/C16H23NSi2/c1-17(18(2)3)19(4,15-11-7-5-8-12-15)16-13-9-6-10-14-16/h5-14,18H,1-4H3. The van der Waals surface area contributed by atoms with Crippen LogP contribution < -0.4 is 10.4 Å². The van der Waals surface area contributed by atoms with Crippen molar-refractivity contribution in [2.45, 2.75) is 19.6 Å². The normalized spacial score (nSPS) is 12.1. The zero-order valence-electron chi connectivity index (χ0n) is 12.3. The molecule has 2 aromatic rings. The molecule has 0 unspecified atom stereocenters. The highest BCUT2D eigenvalue weighted by atomic mass is 28.4. The summed E-state index contributed by atoms with van der Waals surface area (Å²) in [6.07, 6.45) is 0. The van der Waals surface area contributed by atoms with Crippen molar-refractivity contribution in [2.24, 2.45) is 0 Å². The highest BCUT2D eigenvalue weighted by Gasteiger charge is 2.37. The highest BCUT2D eigenvalue weighted by molar-refractivity contribution is 7.03. The first-order valence-corrected chi connectivity index (χ1v) is 12.2. The van der Waals surface area contributed by atoms with Gasteiger partial charge in [-0.3, -0.25) is 0 Å². The molecule has 0 radical (unpaired) electrons. The van der Waals surface area contributed by atoms with E-state index in [0.717, 1.165) is 0 Å². The van der Waals surface area contributed by atoms with E-state index in [4.69, 9.17) is 0 Å². The van der Waals surface area contributed by atoms with Gasteiger partial charge in [0.05, 0.1) is 8.96 Å². The molecule has 0 bridgehead atoms. The molecule has 0 N–H and O–H groups in total. The van der Waals surface area contributed by atoms with Crippen molar-refractivity contribution in [1.82, 2.24) is 4.23 Å². The van der Waals surface area contributed by atoms with Crippen LogP contribution in [0.4, 0.5) is 0 Å². The van der Waals surface area contributed by atoms with Gasteiger partial charge in [0.15, 0.2) is 8.24 Å². The third-order valence-corrected chi connectivity index (χ3v) is 13.1. The molecule has 0 aromatic heterocycles. The van der Waals surface area contributed by atoms with Gasteiger partial charge in [-0.15, -0.1) is 0 Å². The molecular weight excluding hydrogens is 262 g/mol. The van der Waals surface area contributed by atoms with Crippen LogP contribution in [0.1, 0.15) is 0 Å². The van der Waals surface area contributed by atoms with Crippen LogP contribution in [-0.4, -0.2) is 28.5 Å². The van der Waals surface area contributed by atoms with E-state index in [-0.39, 0.29) is 0 Å². The molecule has 2 aromatic carbocycles. The second kappa shape index (κ2) is 5.86. The number of nitrogens with zero attached hydrogens (tertiary/aromatic N) is 1. The van der Waals surface area contributed by atoms with Gasteiger partial charge < -0.3 is 4.23 Å². The Morgan fingerprint density at radius 2 is 1.16 bits per heavy atom. The second-order valence-corrected chi connectivity index (χ2v) is 13.0. The summed E-state index contributed by atoms with van der Waals surface area (Å²) in [5, 5.41) is 3.01. The third kappa shape index (κ3) is 2.73. The zero-order valence-corrected chi connectivity index (χ0v) is 14.5. The first-order chi connectivity index (χ1) is 9.06. The average Bonchev–Trinajstić information content (AvgIpc) is 2.47. The SMILES string of the molecule is CN([SiH](C)C)[Si](C)(c1ccccc1)c1ccccc1. The number of hydrogen-bond acceptors (Lipinski definition) is 1. The van der Waals surface area contributed by atoms with Crippen LogP contribution in [0.5, 0.6) is 0 Å². The summed E-state index contributed by atoms with van der Waals surface area (Å²) in [5.74, 6) is 0. The third-order valence-electron chi connectivity index (χ3n) is 4.15. The second-order valence-electron chi connectivity index (χ2n) is 5.51. The Balaban J connectivity index is 2.57. The molecule has 0 aliphatic carbocycles. The summed E-state index contributed by atoms with van der Waals surface area (Å²) < 4.78 is 2.71. The minimum atomic E-state index is -1.77. The molecular formula is C16H23NSi2. The predicted molar refractivity (Wildman–Crippen MR) is 90.4 cm³/mol. The molecule has 0 fully saturated rings. The van der Waals surface area contributed by atoms with Crippen molar-refractivity contribution in [3.63, 3.8) is 0 Å². The Labute approximate surface area is 119 Å². The van der Waals surface area contributed by atoms with E-state index in [2.05, 4.69) is 91.6 Å². The highest BCUT2D eigenvalue weighted by Crippen LogP contribution is 2.11. The topological polar surface area (TPSA) is 3.24 Å². The molecule has 0 aliphatic heterocycles. The van der Waals surface area contributed by atoms with E-state index in [0.29, 0.717) is 0 Å². The minimum absolute atomic E-state index is 0.834. The van der Waals surface area contributed by atoms with Crippen molar-refractivity contribution in [2.75, 3.05) is 7.05 Å². The summed E-state index contributed by atoms with van der Waals surface area (Å²) >= 11 is 0. The van der Waals surface area contributed by atoms with Gasteiger partial charge in [0.25, 0.3) is 0 Å². The van der Waals surface area contributed by atoms with Crippen LogP contribution in [0, 0.1) is 0 Å². The monoisotopic (exact) mass is 285 g/mol. The van der Waals surface area contributed by atoms with Gasteiger partial charge in [-0.2, -0.15) is 0 Å². The van der Waals surface area contributed by atoms with E-state index in [9.17, 15) is 0 Å². The lowest BCUT2D eigenvalue weighted by Crippen LogP contribution is -2.69. The van der Waals surface area contributed by atoms with Crippen LogP contribution in [0.2, 0.25) is 19.6 Å². The molecule has 0 saturated carbocycles. The molecule has 3 heteroatoms. The lowest BCUT2D eigenvalue weighted by atomic mass is 10.4. The molecule has 0 atom stereocenters. The van der Waals surface area contributed by atoms with Crippen molar-refractivity contribution in [1.29, 1.82) is 0 Å². The van der Waals surface area contributed by atoms with Gasteiger partial charge in [0.2, 0.25) is 0 Å². The predicted octanol–water partition coefficient (Wildman–Crippen LogP) is 2.29. The van der Waals surface area contributed by atoms with Gasteiger partial charge in [-0.1, -0.05) is 73.8 Å². The van der Waals surface area contributed by atoms with Crippen LogP contribution in [-0.2, 0) is 0 Å². The van der Waals surface area contributed by atoms with Crippen molar-refractivity contribution >= 4 is 27.6 Å². The van der Waals surface area contributed by atoms with Crippen LogP contribution in [0.3, 0.4) is 0 Å². The summed E-state index contributed by atoms with van der Waals surface area (Å²) in [4.78, 5) is 0. The lowest BCUT2D eigenvalue weighted by Gasteiger charge is -2.40. The molecule has 0 saturated heterocycles. The van der Waals surface area contributed by atoms with Crippen LogP contribution in [0.15, 0.2) is 60.7 Å². The summed E-state index contributed by atoms with van der Waals surface area (Å²) in [6.45, 7) is 7.30. The zero-order chi connectivity index (χ0) is 13.9. The maximum Gasteiger partial charge on any atom is 0.182 e. The van der Waals surface area contributed by atoms with Gasteiger partial charge in [-0.05, 0) is 24.0 Å². The van der Waals surface area contributed by atoms with Gasteiger partial charge >= 0.3 is 0 Å². The fourth-order valence-electron chi connectivity index (χ4n) is 2.62. The molecule has 100 valence electrons. The first kappa shape index (κ1) is 14.2. The minimum Gasteiger partial charge on any atom is -0.344 e. The van der Waals surface area contributed by atoms with Gasteiger partial charge in [0.1, 0.15) is 0 Å². The maximum absolute atomic E-state index is 2.71. The van der Waals surface area contributed by atoms with E-state index in [1.807, 2.05) is 0 Å². The summed E-state index contributed by atoms with van der Waals surface area (Å²) in [5.41, 5.74) is 0. The van der Waals surface area contributed by atoms with Crippen molar-refractivity contribution in [3.05, 3.63) is 60.7 Å². The summed E-state index contributed by atoms with van der Waals surface area (Å²) in [6, 6.07) is 22.1. The molecule has 0 heterocycles. The van der Waals surface area contributed by atoms with Gasteiger partial charge in [-0.25, -0.2) is 0 Å². The Morgan fingerprint density at radius 3 is 1.47 bits per heavy atom. The average molecular weight is 286 g/mol. The number of rotatable bonds is 4. The maximum atomic E-state index is 2.71. The van der Waals surface area contributed by atoms with E-state index >= 15 is 0 Å². The Bertz CT molecular complexity index is 471. The smallest absolute Gasteiger partial charge is 0.182 e. The lowest BCUT2D eigenvalue weighted by molar-refractivity contribution is 0.799. The Kier molecular flexibility index (Phi) is 4.40. The largest absolute Gasteiger partial charge is 0.344 e. The van der Waals surface area contributed by atoms with Gasteiger partial charge in [0, 0.05) is 0 Å². The Morgan fingerprint density at radius 1 is 0.789 bits per heavy atom. The number of hydrogen-bond donors (Lipinski definition) is 0. The molecule has 2 rings (SSSR count).